The molecule has 2 nitrogen and oxygen atoms in total. The Kier molecular flexibility index (Phi) is 2.03. The van der Waals surface area contributed by atoms with Crippen LogP contribution < -0.4 is 0 Å². The summed E-state index contributed by atoms with van der Waals surface area (Å²) in [7, 11) is 1.68. The molecule has 78 valence electrons. The molecule has 0 aromatic heterocycles. The van der Waals surface area contributed by atoms with Crippen LogP contribution in [0.2, 0.25) is 0 Å². The largest absolute Gasteiger partial charge is 0.399 e. The van der Waals surface area contributed by atoms with Crippen LogP contribution in [0.4, 0.5) is 0 Å². The van der Waals surface area contributed by atoms with Crippen molar-refractivity contribution in [2.75, 3.05) is 7.11 Å². The van der Waals surface area contributed by atoms with Gasteiger partial charge in [0.25, 0.3) is 0 Å². The third-order valence-corrected chi connectivity index (χ3v) is 4.41. The van der Waals surface area contributed by atoms with Crippen LogP contribution in [0.25, 0.3) is 0 Å². The van der Waals surface area contributed by atoms with Gasteiger partial charge in [0.05, 0.1) is 5.71 Å². The quantitative estimate of drug-likeness (QED) is 0.587. The normalized spacial score (nSPS) is 48.2. The van der Waals surface area contributed by atoms with Gasteiger partial charge in [-0.3, -0.25) is 0 Å². The van der Waals surface area contributed by atoms with E-state index in [-0.39, 0.29) is 0 Å². The summed E-state index contributed by atoms with van der Waals surface area (Å²) >= 11 is 0. The second kappa shape index (κ2) is 3.25. The number of fused-ring (bicyclic) bond motifs is 1. The van der Waals surface area contributed by atoms with Crippen molar-refractivity contribution in [1.82, 2.24) is 0 Å². The molecular formula is C12H19NO. The molecule has 0 amide bonds. The van der Waals surface area contributed by atoms with E-state index in [0.29, 0.717) is 0 Å². The lowest BCUT2D eigenvalue weighted by atomic mass is 9.68. The molecule has 0 aliphatic heterocycles. The van der Waals surface area contributed by atoms with Crippen molar-refractivity contribution in [2.24, 2.45) is 28.8 Å². The molecule has 14 heavy (non-hydrogen) atoms. The Balaban J connectivity index is 1.89. The maximum atomic E-state index is 4.98. The maximum Gasteiger partial charge on any atom is 0.106 e. The molecule has 0 aromatic carbocycles. The molecule has 2 heteroatoms. The van der Waals surface area contributed by atoms with E-state index in [4.69, 9.17) is 4.84 Å². The molecule has 4 aliphatic rings. The van der Waals surface area contributed by atoms with E-state index in [9.17, 15) is 0 Å². The molecule has 0 saturated heterocycles. The van der Waals surface area contributed by atoms with Gasteiger partial charge >= 0.3 is 0 Å². The number of rotatable bonds is 1. The van der Waals surface area contributed by atoms with Crippen molar-refractivity contribution in [3.05, 3.63) is 0 Å². The molecule has 0 N–H and O–H groups in total. The maximum absolute atomic E-state index is 4.98. The van der Waals surface area contributed by atoms with Crippen molar-refractivity contribution in [1.29, 1.82) is 0 Å². The summed E-state index contributed by atoms with van der Waals surface area (Å²) < 4.78 is 0. The van der Waals surface area contributed by atoms with Gasteiger partial charge < -0.3 is 4.84 Å². The molecular weight excluding hydrogens is 174 g/mol. The summed E-state index contributed by atoms with van der Waals surface area (Å²) in [6, 6.07) is 0. The van der Waals surface area contributed by atoms with Crippen molar-refractivity contribution < 1.29 is 4.84 Å². The molecule has 0 aromatic rings. The first-order valence-electron chi connectivity index (χ1n) is 5.95. The van der Waals surface area contributed by atoms with E-state index in [1.54, 1.807) is 7.11 Å². The second-order valence-electron chi connectivity index (χ2n) is 5.44. The van der Waals surface area contributed by atoms with Gasteiger partial charge in [-0.25, -0.2) is 0 Å². The van der Waals surface area contributed by atoms with Crippen LogP contribution >= 0.6 is 0 Å². The Labute approximate surface area is 85.7 Å². The summed E-state index contributed by atoms with van der Waals surface area (Å²) in [6.45, 7) is 0. The lowest BCUT2D eigenvalue weighted by Crippen LogP contribution is -2.28. The third-order valence-electron chi connectivity index (χ3n) is 4.41. The summed E-state index contributed by atoms with van der Waals surface area (Å²) in [5, 5.41) is 4.26. The average Bonchev–Trinajstić information content (AvgIpc) is 2.32. The Morgan fingerprint density at radius 3 is 2.29 bits per heavy atom. The van der Waals surface area contributed by atoms with E-state index >= 15 is 0 Å². The van der Waals surface area contributed by atoms with E-state index < -0.39 is 0 Å². The van der Waals surface area contributed by atoms with Gasteiger partial charge in [0.15, 0.2) is 0 Å². The lowest BCUT2D eigenvalue weighted by molar-refractivity contribution is 0.139. The van der Waals surface area contributed by atoms with Crippen LogP contribution in [0, 0.1) is 23.7 Å². The van der Waals surface area contributed by atoms with Crippen molar-refractivity contribution in [3.8, 4) is 0 Å². The summed E-state index contributed by atoms with van der Waals surface area (Å²) in [5.41, 5.74) is 1.38. The minimum absolute atomic E-state index is 0.770. The van der Waals surface area contributed by atoms with Crippen molar-refractivity contribution in [3.63, 3.8) is 0 Å². The minimum Gasteiger partial charge on any atom is -0.399 e. The average molecular weight is 193 g/mol. The molecule has 4 saturated carbocycles. The summed E-state index contributed by atoms with van der Waals surface area (Å²) in [5.74, 6) is 3.73. The Hall–Kier alpha value is -0.530. The highest BCUT2D eigenvalue weighted by atomic mass is 16.6. The molecule has 0 heterocycles. The number of hydrogen-bond donors (Lipinski definition) is 0. The zero-order valence-electron chi connectivity index (χ0n) is 8.91. The van der Waals surface area contributed by atoms with Crippen LogP contribution in [-0.2, 0) is 4.84 Å². The highest BCUT2D eigenvalue weighted by Crippen LogP contribution is 2.50. The Bertz CT molecular complexity index is 247. The van der Waals surface area contributed by atoms with Gasteiger partial charge in [-0.2, -0.15) is 0 Å². The smallest absolute Gasteiger partial charge is 0.106 e. The first-order valence-corrected chi connectivity index (χ1v) is 5.95. The highest BCUT2D eigenvalue weighted by Gasteiger charge is 2.42. The van der Waals surface area contributed by atoms with Gasteiger partial charge in [0.1, 0.15) is 7.11 Å². The van der Waals surface area contributed by atoms with E-state index in [2.05, 4.69) is 5.16 Å². The zero-order valence-corrected chi connectivity index (χ0v) is 8.91. The number of nitrogens with zero attached hydrogens (tertiary/aromatic N) is 1. The van der Waals surface area contributed by atoms with Gasteiger partial charge in [-0.1, -0.05) is 5.16 Å². The Morgan fingerprint density at radius 2 is 1.64 bits per heavy atom. The van der Waals surface area contributed by atoms with E-state index in [0.717, 1.165) is 23.7 Å². The standard InChI is InChI=1S/C12H19NO/c1-14-13-12-7-10-3-8-2-9(4-10)6-11(12)5-8/h8-11H,2-7H2,1H3/b13-12+. The zero-order chi connectivity index (χ0) is 9.54. The van der Waals surface area contributed by atoms with Crippen molar-refractivity contribution in [2.45, 2.75) is 38.5 Å². The molecule has 4 bridgehead atoms. The summed E-state index contributed by atoms with van der Waals surface area (Å²) in [4.78, 5) is 4.98. The van der Waals surface area contributed by atoms with E-state index in [1.807, 2.05) is 0 Å². The fourth-order valence-electron chi connectivity index (χ4n) is 4.12. The molecule has 4 fully saturated rings. The predicted molar refractivity (Wildman–Crippen MR) is 56.1 cm³/mol. The van der Waals surface area contributed by atoms with Crippen LogP contribution in [0.5, 0.6) is 0 Å². The first-order chi connectivity index (χ1) is 6.85. The SMILES string of the molecule is CO/N=C1\CC2CC3CC(C2)CC1C3. The molecule has 2 atom stereocenters. The molecule has 4 aliphatic carbocycles. The summed E-state index contributed by atoms with van der Waals surface area (Å²) in [6.07, 6.45) is 8.47. The third kappa shape index (κ3) is 1.35. The lowest BCUT2D eigenvalue weighted by Gasteiger charge is -2.37. The Morgan fingerprint density at radius 1 is 1.00 bits per heavy atom. The van der Waals surface area contributed by atoms with Crippen LogP contribution in [0.3, 0.4) is 0 Å². The fourth-order valence-corrected chi connectivity index (χ4v) is 4.12. The molecule has 0 radical (unpaired) electrons. The molecule has 0 spiro atoms. The van der Waals surface area contributed by atoms with Gasteiger partial charge in [-0.15, -0.1) is 0 Å². The monoisotopic (exact) mass is 193 g/mol. The minimum atomic E-state index is 0.770. The number of oxime groups is 1. The van der Waals surface area contributed by atoms with Crippen LogP contribution in [0.1, 0.15) is 38.5 Å². The van der Waals surface area contributed by atoms with Gasteiger partial charge in [-0.05, 0) is 56.3 Å². The second-order valence-corrected chi connectivity index (χ2v) is 5.44. The number of hydrogen-bond acceptors (Lipinski definition) is 2. The molecule has 4 rings (SSSR count). The highest BCUT2D eigenvalue weighted by molar-refractivity contribution is 5.87. The van der Waals surface area contributed by atoms with E-state index in [1.165, 1.54) is 44.2 Å². The first kappa shape index (κ1) is 8.75. The van der Waals surface area contributed by atoms with Gasteiger partial charge in [0, 0.05) is 5.92 Å². The van der Waals surface area contributed by atoms with Crippen molar-refractivity contribution >= 4 is 5.71 Å². The molecule has 2 unspecified atom stereocenters. The fraction of sp³-hybridized carbons (Fsp3) is 0.917. The topological polar surface area (TPSA) is 21.6 Å². The van der Waals surface area contributed by atoms with Crippen LogP contribution in [0.15, 0.2) is 5.16 Å². The predicted octanol–water partition coefficient (Wildman–Crippen LogP) is 2.84. The van der Waals surface area contributed by atoms with Gasteiger partial charge in [0.2, 0.25) is 0 Å². The van der Waals surface area contributed by atoms with Crippen LogP contribution in [-0.4, -0.2) is 12.8 Å².